The third-order valence-corrected chi connectivity index (χ3v) is 3.22. The van der Waals surface area contributed by atoms with Gasteiger partial charge in [0, 0.05) is 19.3 Å². The molecule has 0 radical (unpaired) electrons. The topological polar surface area (TPSA) is 48.3 Å². The highest BCUT2D eigenvalue weighted by atomic mass is 35.5. The summed E-state index contributed by atoms with van der Waals surface area (Å²) in [5.41, 5.74) is 2.02. The number of hydrogen-bond donors (Lipinski definition) is 1. The Balaban J connectivity index is 1.72. The first-order chi connectivity index (χ1) is 9.26. The van der Waals surface area contributed by atoms with E-state index in [-0.39, 0.29) is 6.79 Å². The molecule has 0 unspecified atom stereocenters. The van der Waals surface area contributed by atoms with Crippen molar-refractivity contribution < 1.29 is 9.47 Å². The summed E-state index contributed by atoms with van der Waals surface area (Å²) in [6, 6.07) is 3.82. The molecule has 5 nitrogen and oxygen atoms in total. The number of nitrogens with one attached hydrogen (secondary N) is 1. The van der Waals surface area contributed by atoms with Crippen LogP contribution in [0.25, 0.3) is 0 Å². The van der Waals surface area contributed by atoms with Crippen LogP contribution in [0.3, 0.4) is 0 Å². The minimum Gasteiger partial charge on any atom is -0.454 e. The Morgan fingerprint density at radius 3 is 3.11 bits per heavy atom. The maximum atomic E-state index is 6.13. The van der Waals surface area contributed by atoms with Crippen molar-refractivity contribution in [2.45, 2.75) is 20.0 Å². The lowest BCUT2D eigenvalue weighted by Gasteiger charge is -2.06. The number of hydrogen-bond acceptors (Lipinski definition) is 4. The molecule has 19 heavy (non-hydrogen) atoms. The number of halogens is 1. The number of aryl methyl sites for hydroxylation is 1. The molecular formula is C13H14ClN3O2. The standard InChI is InChI=1S/C13H14ClN3O2/c1-2-17-7-10(6-16-17)15-5-9-3-11(14)13-12(4-9)18-8-19-13/h3-4,6-7,15H,2,5,8H2,1H3. The van der Waals surface area contributed by atoms with E-state index in [9.17, 15) is 0 Å². The molecule has 0 bridgehead atoms. The molecule has 6 heteroatoms. The highest BCUT2D eigenvalue weighted by Gasteiger charge is 2.18. The average molecular weight is 280 g/mol. The van der Waals surface area contributed by atoms with Gasteiger partial charge < -0.3 is 14.8 Å². The first kappa shape index (κ1) is 12.2. The zero-order valence-corrected chi connectivity index (χ0v) is 11.3. The second-order valence-electron chi connectivity index (χ2n) is 4.25. The number of fused-ring (bicyclic) bond motifs is 1. The number of nitrogens with zero attached hydrogens (tertiary/aromatic N) is 2. The zero-order chi connectivity index (χ0) is 13.2. The van der Waals surface area contributed by atoms with Crippen molar-refractivity contribution in [1.82, 2.24) is 9.78 Å². The smallest absolute Gasteiger partial charge is 0.231 e. The van der Waals surface area contributed by atoms with Gasteiger partial charge >= 0.3 is 0 Å². The van der Waals surface area contributed by atoms with Crippen LogP contribution in [0, 0.1) is 0 Å². The monoisotopic (exact) mass is 279 g/mol. The summed E-state index contributed by atoms with van der Waals surface area (Å²) in [4.78, 5) is 0. The fourth-order valence-corrected chi connectivity index (χ4v) is 2.24. The molecule has 0 spiro atoms. The van der Waals surface area contributed by atoms with E-state index in [2.05, 4.69) is 10.4 Å². The lowest BCUT2D eigenvalue weighted by atomic mass is 10.2. The Kier molecular flexibility index (Phi) is 3.21. The maximum Gasteiger partial charge on any atom is 0.231 e. The maximum absolute atomic E-state index is 6.13. The van der Waals surface area contributed by atoms with Gasteiger partial charge in [0.1, 0.15) is 0 Å². The minimum atomic E-state index is 0.231. The van der Waals surface area contributed by atoms with E-state index in [4.69, 9.17) is 21.1 Å². The lowest BCUT2D eigenvalue weighted by Crippen LogP contribution is -1.99. The van der Waals surface area contributed by atoms with Crippen LogP contribution in [-0.4, -0.2) is 16.6 Å². The second kappa shape index (κ2) is 5.01. The average Bonchev–Trinajstić information content (AvgIpc) is 3.05. The van der Waals surface area contributed by atoms with Gasteiger partial charge in [-0.05, 0) is 24.6 Å². The van der Waals surface area contributed by atoms with Crippen molar-refractivity contribution in [1.29, 1.82) is 0 Å². The lowest BCUT2D eigenvalue weighted by molar-refractivity contribution is 0.174. The van der Waals surface area contributed by atoms with Crippen LogP contribution in [0.5, 0.6) is 11.5 Å². The van der Waals surface area contributed by atoms with Crippen LogP contribution >= 0.6 is 11.6 Å². The minimum absolute atomic E-state index is 0.231. The second-order valence-corrected chi connectivity index (χ2v) is 4.66. The van der Waals surface area contributed by atoms with Gasteiger partial charge in [0.05, 0.1) is 16.9 Å². The molecule has 2 heterocycles. The fraction of sp³-hybridized carbons (Fsp3) is 0.308. The van der Waals surface area contributed by atoms with E-state index < -0.39 is 0 Å². The Morgan fingerprint density at radius 1 is 1.42 bits per heavy atom. The van der Waals surface area contributed by atoms with Gasteiger partial charge in [-0.3, -0.25) is 4.68 Å². The summed E-state index contributed by atoms with van der Waals surface area (Å²) in [6.45, 7) is 3.80. The van der Waals surface area contributed by atoms with E-state index in [0.29, 0.717) is 23.1 Å². The Hall–Kier alpha value is -1.88. The predicted octanol–water partition coefficient (Wildman–Crippen LogP) is 2.90. The Morgan fingerprint density at radius 2 is 2.32 bits per heavy atom. The van der Waals surface area contributed by atoms with Crippen molar-refractivity contribution in [2.24, 2.45) is 0 Å². The molecule has 0 fully saturated rings. The molecule has 1 aliphatic rings. The van der Waals surface area contributed by atoms with Crippen LogP contribution < -0.4 is 14.8 Å². The van der Waals surface area contributed by atoms with Crippen LogP contribution in [0.1, 0.15) is 12.5 Å². The molecule has 1 N–H and O–H groups in total. The van der Waals surface area contributed by atoms with Gasteiger partial charge in [-0.1, -0.05) is 11.6 Å². The van der Waals surface area contributed by atoms with E-state index in [1.807, 2.05) is 29.9 Å². The van der Waals surface area contributed by atoms with Crippen molar-refractivity contribution in [3.8, 4) is 11.5 Å². The molecule has 0 saturated heterocycles. The highest BCUT2D eigenvalue weighted by Crippen LogP contribution is 2.39. The molecule has 0 atom stereocenters. The van der Waals surface area contributed by atoms with Crippen molar-refractivity contribution in [3.63, 3.8) is 0 Å². The van der Waals surface area contributed by atoms with Gasteiger partial charge in [-0.25, -0.2) is 0 Å². The highest BCUT2D eigenvalue weighted by molar-refractivity contribution is 6.32. The SMILES string of the molecule is CCn1cc(NCc2cc(Cl)c3c(c2)OCO3)cn1. The van der Waals surface area contributed by atoms with Crippen molar-refractivity contribution in [2.75, 3.05) is 12.1 Å². The quantitative estimate of drug-likeness (QED) is 0.935. The number of rotatable bonds is 4. The molecular weight excluding hydrogens is 266 g/mol. The van der Waals surface area contributed by atoms with E-state index in [1.165, 1.54) is 0 Å². The van der Waals surface area contributed by atoms with Gasteiger partial charge in [0.25, 0.3) is 0 Å². The summed E-state index contributed by atoms with van der Waals surface area (Å²) in [7, 11) is 0. The van der Waals surface area contributed by atoms with Gasteiger partial charge in [0.15, 0.2) is 11.5 Å². The molecule has 0 saturated carbocycles. The predicted molar refractivity (Wildman–Crippen MR) is 72.8 cm³/mol. The van der Waals surface area contributed by atoms with Crippen molar-refractivity contribution in [3.05, 3.63) is 35.1 Å². The molecule has 3 rings (SSSR count). The number of ether oxygens (including phenoxy) is 2. The third kappa shape index (κ3) is 2.46. The number of benzene rings is 1. The first-order valence-corrected chi connectivity index (χ1v) is 6.48. The fourth-order valence-electron chi connectivity index (χ4n) is 1.95. The molecule has 100 valence electrons. The summed E-state index contributed by atoms with van der Waals surface area (Å²) in [5.74, 6) is 1.33. The Bertz CT molecular complexity index is 598. The Labute approximate surface area is 116 Å². The molecule has 1 aromatic carbocycles. The van der Waals surface area contributed by atoms with Gasteiger partial charge in [-0.2, -0.15) is 5.10 Å². The summed E-state index contributed by atoms with van der Waals surface area (Å²) in [5, 5.41) is 8.08. The molecule has 1 aromatic heterocycles. The van der Waals surface area contributed by atoms with Gasteiger partial charge in [-0.15, -0.1) is 0 Å². The van der Waals surface area contributed by atoms with Crippen molar-refractivity contribution >= 4 is 17.3 Å². The van der Waals surface area contributed by atoms with Gasteiger partial charge in [0.2, 0.25) is 6.79 Å². The van der Waals surface area contributed by atoms with E-state index in [0.717, 1.165) is 17.8 Å². The molecule has 0 aliphatic carbocycles. The van der Waals surface area contributed by atoms with Crippen LogP contribution in [0.2, 0.25) is 5.02 Å². The number of anilines is 1. The van der Waals surface area contributed by atoms with E-state index >= 15 is 0 Å². The van der Waals surface area contributed by atoms with E-state index in [1.54, 1.807) is 6.20 Å². The number of aromatic nitrogens is 2. The molecule has 2 aromatic rings. The van der Waals surface area contributed by atoms with Crippen LogP contribution in [0.4, 0.5) is 5.69 Å². The normalized spacial score (nSPS) is 12.7. The largest absolute Gasteiger partial charge is 0.454 e. The first-order valence-electron chi connectivity index (χ1n) is 6.10. The molecule has 0 amide bonds. The molecule has 1 aliphatic heterocycles. The third-order valence-electron chi connectivity index (χ3n) is 2.94. The van der Waals surface area contributed by atoms with Crippen LogP contribution in [0.15, 0.2) is 24.5 Å². The van der Waals surface area contributed by atoms with Crippen LogP contribution in [-0.2, 0) is 13.1 Å². The zero-order valence-electron chi connectivity index (χ0n) is 10.5. The summed E-state index contributed by atoms with van der Waals surface area (Å²) >= 11 is 6.13. The summed E-state index contributed by atoms with van der Waals surface area (Å²) < 4.78 is 12.5. The summed E-state index contributed by atoms with van der Waals surface area (Å²) in [6.07, 6.45) is 3.77.